The first-order valence-electron chi connectivity index (χ1n) is 6.86. The van der Waals surface area contributed by atoms with Crippen molar-refractivity contribution >= 4 is 42.0 Å². The molecule has 0 amide bonds. The van der Waals surface area contributed by atoms with Crippen molar-refractivity contribution in [3.63, 3.8) is 0 Å². The van der Waals surface area contributed by atoms with Crippen molar-refractivity contribution < 1.29 is 19.1 Å². The van der Waals surface area contributed by atoms with E-state index in [2.05, 4.69) is 0 Å². The zero-order chi connectivity index (χ0) is 14.5. The molecule has 5 nitrogen and oxygen atoms in total. The van der Waals surface area contributed by atoms with Gasteiger partial charge in [0, 0.05) is 13.0 Å². The van der Waals surface area contributed by atoms with Crippen LogP contribution in [0.15, 0.2) is 0 Å². The van der Waals surface area contributed by atoms with E-state index < -0.39 is 17.1 Å². The molecule has 112 valence electrons. The number of rotatable bonds is 6. The van der Waals surface area contributed by atoms with Crippen LogP contribution in [-0.2, 0) is 19.1 Å². The zero-order valence-electron chi connectivity index (χ0n) is 12.1. The topological polar surface area (TPSA) is 78.6 Å². The summed E-state index contributed by atoms with van der Waals surface area (Å²) >= 11 is 0. The fourth-order valence-electron chi connectivity index (χ4n) is 2.59. The fraction of sp³-hybridized carbons (Fsp3) is 0.857. The molecule has 1 aliphatic rings. The van der Waals surface area contributed by atoms with Crippen LogP contribution in [-0.4, -0.2) is 59.7 Å². The van der Waals surface area contributed by atoms with E-state index >= 15 is 0 Å². The monoisotopic (exact) mass is 295 g/mol. The standard InChI is InChI=1S/C14H25NO4.Na.H/c1-13(2,3)19-12(17)11(9-15)8-14(18-10-16)6-4-5-7-14;;/h10-11H,4-9,15H2,1-3H3;;/t11-;;/m0../s1. The molecule has 0 aromatic heterocycles. The van der Waals surface area contributed by atoms with Gasteiger partial charge in [0.2, 0.25) is 0 Å². The quantitative estimate of drug-likeness (QED) is 0.451. The second kappa shape index (κ2) is 8.37. The van der Waals surface area contributed by atoms with Gasteiger partial charge in [-0.3, -0.25) is 9.59 Å². The summed E-state index contributed by atoms with van der Waals surface area (Å²) in [6, 6.07) is 0. The minimum atomic E-state index is -0.529. The molecule has 1 rings (SSSR count). The van der Waals surface area contributed by atoms with Crippen LogP contribution >= 0.6 is 0 Å². The van der Waals surface area contributed by atoms with Gasteiger partial charge in [-0.15, -0.1) is 0 Å². The van der Waals surface area contributed by atoms with Crippen LogP contribution < -0.4 is 5.73 Å². The first-order chi connectivity index (χ1) is 8.82. The molecule has 1 saturated carbocycles. The third-order valence-corrected chi connectivity index (χ3v) is 3.46. The number of esters is 1. The van der Waals surface area contributed by atoms with E-state index in [1.54, 1.807) is 0 Å². The number of carbonyl (C=O) groups excluding carboxylic acids is 2. The van der Waals surface area contributed by atoms with Crippen LogP contribution in [0.3, 0.4) is 0 Å². The molecule has 0 radical (unpaired) electrons. The molecule has 1 fully saturated rings. The molecule has 0 spiro atoms. The van der Waals surface area contributed by atoms with Gasteiger partial charge in [-0.1, -0.05) is 0 Å². The van der Waals surface area contributed by atoms with Gasteiger partial charge in [-0.2, -0.15) is 0 Å². The third-order valence-electron chi connectivity index (χ3n) is 3.46. The van der Waals surface area contributed by atoms with E-state index in [0.29, 0.717) is 12.9 Å². The molecule has 0 aromatic carbocycles. The Bertz CT molecular complexity index is 322. The maximum atomic E-state index is 12.1. The molecule has 0 unspecified atom stereocenters. The molecule has 0 aromatic rings. The van der Waals surface area contributed by atoms with Gasteiger partial charge < -0.3 is 15.2 Å². The SMILES string of the molecule is CC(C)(C)OC(=O)[C@H](CN)CC1(OC=O)CCCC1.[NaH]. The van der Waals surface area contributed by atoms with Gasteiger partial charge in [0.15, 0.2) is 0 Å². The molecule has 2 N–H and O–H groups in total. The van der Waals surface area contributed by atoms with Crippen LogP contribution in [0.5, 0.6) is 0 Å². The van der Waals surface area contributed by atoms with Crippen molar-refractivity contribution in [1.82, 2.24) is 0 Å². The fourth-order valence-corrected chi connectivity index (χ4v) is 2.59. The van der Waals surface area contributed by atoms with Crippen molar-refractivity contribution in [2.24, 2.45) is 11.7 Å². The summed E-state index contributed by atoms with van der Waals surface area (Å²) in [7, 11) is 0. The molecular formula is C14H26NNaO4. The predicted octanol–water partition coefficient (Wildman–Crippen LogP) is 1.13. The molecule has 20 heavy (non-hydrogen) atoms. The molecule has 0 heterocycles. The Morgan fingerprint density at radius 3 is 2.30 bits per heavy atom. The van der Waals surface area contributed by atoms with E-state index in [1.807, 2.05) is 20.8 Å². The summed E-state index contributed by atoms with van der Waals surface area (Å²) in [5.74, 6) is -0.729. The first-order valence-corrected chi connectivity index (χ1v) is 6.86. The van der Waals surface area contributed by atoms with Gasteiger partial charge in [-0.05, 0) is 46.5 Å². The van der Waals surface area contributed by atoms with Crippen LogP contribution in [0.1, 0.15) is 52.9 Å². The maximum absolute atomic E-state index is 12.1. The van der Waals surface area contributed by atoms with Gasteiger partial charge in [-0.25, -0.2) is 0 Å². The van der Waals surface area contributed by atoms with Crippen LogP contribution in [0, 0.1) is 5.92 Å². The Labute approximate surface area is 143 Å². The van der Waals surface area contributed by atoms with Crippen LogP contribution in [0.25, 0.3) is 0 Å². The predicted molar refractivity (Wildman–Crippen MR) is 78.5 cm³/mol. The van der Waals surface area contributed by atoms with E-state index in [9.17, 15) is 9.59 Å². The van der Waals surface area contributed by atoms with Crippen molar-refractivity contribution in [3.05, 3.63) is 0 Å². The van der Waals surface area contributed by atoms with Gasteiger partial charge in [0.05, 0.1) is 5.92 Å². The summed E-state index contributed by atoms with van der Waals surface area (Å²) in [6.45, 7) is 6.16. The number of nitrogens with two attached hydrogens (primary N) is 1. The second-order valence-electron chi connectivity index (χ2n) is 6.27. The number of carbonyl (C=O) groups is 2. The Balaban J connectivity index is 0.00000361. The van der Waals surface area contributed by atoms with Crippen molar-refractivity contribution in [3.8, 4) is 0 Å². The van der Waals surface area contributed by atoms with Gasteiger partial charge >= 0.3 is 35.5 Å². The Morgan fingerprint density at radius 1 is 1.35 bits per heavy atom. The van der Waals surface area contributed by atoms with Crippen LogP contribution in [0.2, 0.25) is 0 Å². The normalized spacial score (nSPS) is 18.8. The molecular weight excluding hydrogens is 269 g/mol. The molecule has 0 aliphatic heterocycles. The Hall–Kier alpha value is -0.100. The molecule has 0 bridgehead atoms. The van der Waals surface area contributed by atoms with Crippen molar-refractivity contribution in [2.75, 3.05) is 6.54 Å². The summed E-state index contributed by atoms with van der Waals surface area (Å²) in [5.41, 5.74) is 4.63. The summed E-state index contributed by atoms with van der Waals surface area (Å²) in [6.07, 6.45) is 4.08. The Morgan fingerprint density at radius 2 is 1.90 bits per heavy atom. The van der Waals surface area contributed by atoms with Crippen LogP contribution in [0.4, 0.5) is 0 Å². The van der Waals surface area contributed by atoms with Gasteiger partial charge in [0.25, 0.3) is 6.47 Å². The summed E-state index contributed by atoms with van der Waals surface area (Å²) in [5, 5.41) is 0. The van der Waals surface area contributed by atoms with E-state index in [0.717, 1.165) is 25.7 Å². The first kappa shape index (κ1) is 19.9. The second-order valence-corrected chi connectivity index (χ2v) is 6.27. The van der Waals surface area contributed by atoms with E-state index in [-0.39, 0.29) is 42.1 Å². The average Bonchev–Trinajstić information content (AvgIpc) is 2.73. The Kier molecular flexibility index (Phi) is 8.33. The van der Waals surface area contributed by atoms with Crippen molar-refractivity contribution in [2.45, 2.75) is 64.1 Å². The summed E-state index contributed by atoms with van der Waals surface area (Å²) in [4.78, 5) is 22.7. The number of ether oxygens (including phenoxy) is 2. The molecule has 0 saturated heterocycles. The minimum absolute atomic E-state index is 0. The van der Waals surface area contributed by atoms with Crippen molar-refractivity contribution in [1.29, 1.82) is 0 Å². The molecule has 1 atom stereocenters. The van der Waals surface area contributed by atoms with Gasteiger partial charge in [0.1, 0.15) is 11.2 Å². The number of hydrogen-bond donors (Lipinski definition) is 1. The third kappa shape index (κ3) is 6.12. The zero-order valence-corrected chi connectivity index (χ0v) is 12.1. The molecule has 6 heteroatoms. The van der Waals surface area contributed by atoms with E-state index in [1.165, 1.54) is 0 Å². The summed E-state index contributed by atoms with van der Waals surface area (Å²) < 4.78 is 10.6. The van der Waals surface area contributed by atoms with E-state index in [4.69, 9.17) is 15.2 Å². The number of hydrogen-bond acceptors (Lipinski definition) is 5. The average molecular weight is 295 g/mol. The molecule has 1 aliphatic carbocycles.